The smallest absolute Gasteiger partial charge is 0.340 e. The number of rotatable bonds is 8. The lowest BCUT2D eigenvalue weighted by molar-refractivity contribution is -0.384. The van der Waals surface area contributed by atoms with Crippen LogP contribution in [0.25, 0.3) is 0 Å². The number of ether oxygens (including phenoxy) is 1. The lowest BCUT2D eigenvalue weighted by Gasteiger charge is -2.23. The van der Waals surface area contributed by atoms with Crippen molar-refractivity contribution in [1.29, 1.82) is 0 Å². The molecule has 7 heteroatoms. The summed E-state index contributed by atoms with van der Waals surface area (Å²) in [5.74, 6) is -0.617. The van der Waals surface area contributed by atoms with Crippen LogP contribution in [-0.2, 0) is 17.8 Å². The molecule has 0 bridgehead atoms. The molecule has 0 heterocycles. The number of non-ortho nitro benzene ring substituents is 1. The molecule has 0 aliphatic heterocycles. The Balaban J connectivity index is 2.24. The van der Waals surface area contributed by atoms with Gasteiger partial charge in [0.05, 0.1) is 17.6 Å². The van der Waals surface area contributed by atoms with E-state index in [4.69, 9.17) is 4.74 Å². The molecule has 144 valence electrons. The molecule has 0 radical (unpaired) electrons. The van der Waals surface area contributed by atoms with E-state index < -0.39 is 10.9 Å². The van der Waals surface area contributed by atoms with Crippen LogP contribution in [0, 0.1) is 10.1 Å². The van der Waals surface area contributed by atoms with E-state index in [-0.39, 0.29) is 11.3 Å². The Bertz CT molecular complexity index is 821. The molecule has 2 rings (SSSR count). The maximum absolute atomic E-state index is 12.0. The van der Waals surface area contributed by atoms with Crippen LogP contribution < -0.4 is 5.32 Å². The van der Waals surface area contributed by atoms with Gasteiger partial charge in [-0.15, -0.1) is 0 Å². The molecule has 0 fully saturated rings. The first-order valence-corrected chi connectivity index (χ1v) is 8.71. The molecule has 0 atom stereocenters. The van der Waals surface area contributed by atoms with Gasteiger partial charge in [-0.05, 0) is 38.1 Å². The number of anilines is 1. The van der Waals surface area contributed by atoms with Gasteiger partial charge < -0.3 is 10.1 Å². The van der Waals surface area contributed by atoms with Crippen LogP contribution in [-0.4, -0.2) is 36.0 Å². The van der Waals surface area contributed by atoms with Crippen LogP contribution in [0.15, 0.2) is 42.5 Å². The van der Waals surface area contributed by atoms with Gasteiger partial charge in [-0.2, -0.15) is 0 Å². The number of methoxy groups -OCH3 is 1. The molecular weight excluding hydrogens is 346 g/mol. The first-order chi connectivity index (χ1) is 12.8. The lowest BCUT2D eigenvalue weighted by Crippen LogP contribution is -2.26. The molecule has 0 saturated carbocycles. The Morgan fingerprint density at radius 2 is 1.89 bits per heavy atom. The molecule has 7 nitrogen and oxygen atoms in total. The van der Waals surface area contributed by atoms with Crippen molar-refractivity contribution in [3.05, 3.63) is 69.3 Å². The largest absolute Gasteiger partial charge is 0.465 e. The zero-order valence-corrected chi connectivity index (χ0v) is 16.1. The second-order valence-corrected chi connectivity index (χ2v) is 6.61. The Morgan fingerprint density at radius 3 is 2.48 bits per heavy atom. The predicted molar refractivity (Wildman–Crippen MR) is 105 cm³/mol. The fourth-order valence-electron chi connectivity index (χ4n) is 2.60. The van der Waals surface area contributed by atoms with E-state index in [1.54, 1.807) is 0 Å². The molecule has 0 spiro atoms. The number of nitrogens with zero attached hydrogens (tertiary/aromatic N) is 2. The van der Waals surface area contributed by atoms with E-state index in [9.17, 15) is 14.9 Å². The van der Waals surface area contributed by atoms with Crippen LogP contribution >= 0.6 is 0 Å². The summed E-state index contributed by atoms with van der Waals surface area (Å²) in [4.78, 5) is 24.7. The average Bonchev–Trinajstić information content (AvgIpc) is 2.66. The van der Waals surface area contributed by atoms with Crippen molar-refractivity contribution in [2.75, 3.05) is 19.5 Å². The highest BCUT2D eigenvalue weighted by molar-refractivity contribution is 5.96. The summed E-state index contributed by atoms with van der Waals surface area (Å²) in [7, 11) is 3.32. The summed E-state index contributed by atoms with van der Waals surface area (Å²) in [6.45, 7) is 5.57. The molecule has 0 aromatic heterocycles. The second kappa shape index (κ2) is 9.14. The Kier molecular flexibility index (Phi) is 6.90. The Labute approximate surface area is 159 Å². The standard InChI is InChI=1S/C20H25N3O4/c1-14(2)22(3)13-16-8-6-5-7-15(16)12-21-19-10-9-17(23(25)26)11-18(19)20(24)27-4/h5-11,14,21H,12-13H2,1-4H3. The zero-order chi connectivity index (χ0) is 20.0. The minimum Gasteiger partial charge on any atom is -0.465 e. The number of esters is 1. The Hall–Kier alpha value is -2.93. The quantitative estimate of drug-likeness (QED) is 0.431. The van der Waals surface area contributed by atoms with E-state index in [0.29, 0.717) is 18.3 Å². The second-order valence-electron chi connectivity index (χ2n) is 6.61. The molecule has 0 aliphatic carbocycles. The Morgan fingerprint density at radius 1 is 1.22 bits per heavy atom. The van der Waals surface area contributed by atoms with E-state index in [1.807, 2.05) is 18.2 Å². The fraction of sp³-hybridized carbons (Fsp3) is 0.350. The van der Waals surface area contributed by atoms with Gasteiger partial charge in [-0.25, -0.2) is 4.79 Å². The van der Waals surface area contributed by atoms with E-state index in [1.165, 1.54) is 30.9 Å². The van der Waals surface area contributed by atoms with Gasteiger partial charge in [-0.3, -0.25) is 15.0 Å². The zero-order valence-electron chi connectivity index (χ0n) is 16.1. The van der Waals surface area contributed by atoms with Crippen LogP contribution in [0.3, 0.4) is 0 Å². The molecule has 0 saturated heterocycles. The normalized spacial score (nSPS) is 10.9. The molecule has 1 N–H and O–H groups in total. The first-order valence-electron chi connectivity index (χ1n) is 8.71. The van der Waals surface area contributed by atoms with Gasteiger partial charge >= 0.3 is 5.97 Å². The number of hydrogen-bond acceptors (Lipinski definition) is 6. The fourth-order valence-corrected chi connectivity index (χ4v) is 2.60. The number of nitrogens with one attached hydrogen (secondary N) is 1. The van der Waals surface area contributed by atoms with Gasteiger partial charge in [0.1, 0.15) is 0 Å². The summed E-state index contributed by atoms with van der Waals surface area (Å²) in [6.07, 6.45) is 0. The topological polar surface area (TPSA) is 84.7 Å². The van der Waals surface area contributed by atoms with Gasteiger partial charge in [0.15, 0.2) is 0 Å². The summed E-state index contributed by atoms with van der Waals surface area (Å²) < 4.78 is 4.76. The molecule has 2 aromatic carbocycles. The third-order valence-corrected chi connectivity index (χ3v) is 4.51. The molecule has 0 aliphatic rings. The van der Waals surface area contributed by atoms with Crippen molar-refractivity contribution in [1.82, 2.24) is 4.90 Å². The highest BCUT2D eigenvalue weighted by Crippen LogP contribution is 2.24. The van der Waals surface area contributed by atoms with Crippen LogP contribution in [0.5, 0.6) is 0 Å². The van der Waals surface area contributed by atoms with Crippen LogP contribution in [0.4, 0.5) is 11.4 Å². The van der Waals surface area contributed by atoms with Gasteiger partial charge in [0.2, 0.25) is 0 Å². The number of hydrogen-bond donors (Lipinski definition) is 1. The summed E-state index contributed by atoms with van der Waals surface area (Å²) >= 11 is 0. The summed E-state index contributed by atoms with van der Waals surface area (Å²) in [6, 6.07) is 12.6. The summed E-state index contributed by atoms with van der Waals surface area (Å²) in [5.41, 5.74) is 2.77. The SMILES string of the molecule is COC(=O)c1cc([N+](=O)[O-])ccc1NCc1ccccc1CN(C)C(C)C. The molecular formula is C20H25N3O4. The summed E-state index contributed by atoms with van der Waals surface area (Å²) in [5, 5.41) is 14.2. The van der Waals surface area contributed by atoms with Crippen molar-refractivity contribution in [3.8, 4) is 0 Å². The maximum Gasteiger partial charge on any atom is 0.340 e. The minimum absolute atomic E-state index is 0.142. The van der Waals surface area contributed by atoms with E-state index in [2.05, 4.69) is 37.2 Å². The van der Waals surface area contributed by atoms with Crippen molar-refractivity contribution >= 4 is 17.3 Å². The average molecular weight is 371 g/mol. The minimum atomic E-state index is -0.617. The molecule has 2 aromatic rings. The number of carbonyl (C=O) groups excluding carboxylic acids is 1. The van der Waals surface area contributed by atoms with Gasteiger partial charge in [-0.1, -0.05) is 24.3 Å². The number of carbonyl (C=O) groups is 1. The highest BCUT2D eigenvalue weighted by atomic mass is 16.6. The van der Waals surface area contributed by atoms with E-state index in [0.717, 1.165) is 12.1 Å². The highest BCUT2D eigenvalue weighted by Gasteiger charge is 2.17. The third kappa shape index (κ3) is 5.27. The van der Waals surface area contributed by atoms with Crippen LogP contribution in [0.2, 0.25) is 0 Å². The van der Waals surface area contributed by atoms with Crippen molar-refractivity contribution in [3.63, 3.8) is 0 Å². The van der Waals surface area contributed by atoms with Crippen LogP contribution in [0.1, 0.15) is 35.3 Å². The van der Waals surface area contributed by atoms with Crippen molar-refractivity contribution in [2.45, 2.75) is 33.0 Å². The number of nitro groups is 1. The number of benzene rings is 2. The third-order valence-electron chi connectivity index (χ3n) is 4.51. The van der Waals surface area contributed by atoms with Crippen molar-refractivity contribution in [2.24, 2.45) is 0 Å². The first kappa shape index (κ1) is 20.4. The molecule has 0 amide bonds. The van der Waals surface area contributed by atoms with Gasteiger partial charge in [0, 0.05) is 37.0 Å². The van der Waals surface area contributed by atoms with Gasteiger partial charge in [0.25, 0.3) is 5.69 Å². The molecule has 27 heavy (non-hydrogen) atoms. The van der Waals surface area contributed by atoms with E-state index >= 15 is 0 Å². The predicted octanol–water partition coefficient (Wildman–Crippen LogP) is 3.83. The van der Waals surface area contributed by atoms with Crippen molar-refractivity contribution < 1.29 is 14.5 Å². The monoisotopic (exact) mass is 371 g/mol. The lowest BCUT2D eigenvalue weighted by atomic mass is 10.1. The molecule has 0 unspecified atom stereocenters. The maximum atomic E-state index is 12.0. The number of nitro benzene ring substituents is 1.